The van der Waals surface area contributed by atoms with Crippen LogP contribution in [-0.4, -0.2) is 99.0 Å². The van der Waals surface area contributed by atoms with Crippen molar-refractivity contribution >= 4 is 25.0 Å². The molecule has 1 aliphatic carbocycles. The molecule has 6 rings (SSSR count). The third-order valence-corrected chi connectivity index (χ3v) is 11.3. The predicted octanol–water partition coefficient (Wildman–Crippen LogP) is 5.40. The number of alkyl halides is 3. The smallest absolute Gasteiger partial charge is 0.380 e. The summed E-state index contributed by atoms with van der Waals surface area (Å²) in [6, 6.07) is 7.86. The second kappa shape index (κ2) is 14.2. The van der Waals surface area contributed by atoms with Crippen LogP contribution in [0.15, 0.2) is 43.1 Å². The van der Waals surface area contributed by atoms with Gasteiger partial charge in [0.1, 0.15) is 30.1 Å². The van der Waals surface area contributed by atoms with E-state index in [1.807, 2.05) is 27.7 Å². The minimum absolute atomic E-state index is 0.0606. The van der Waals surface area contributed by atoms with E-state index in [0.717, 1.165) is 34.4 Å². The van der Waals surface area contributed by atoms with Gasteiger partial charge in [0.05, 0.1) is 36.5 Å². The van der Waals surface area contributed by atoms with Crippen molar-refractivity contribution in [3.63, 3.8) is 0 Å². The van der Waals surface area contributed by atoms with Crippen LogP contribution in [0.25, 0.3) is 22.3 Å². The molecule has 0 bridgehead atoms. The van der Waals surface area contributed by atoms with Crippen LogP contribution in [0, 0.1) is 11.3 Å². The summed E-state index contributed by atoms with van der Waals surface area (Å²) in [4.78, 5) is 29.8. The van der Waals surface area contributed by atoms with E-state index in [9.17, 15) is 23.2 Å². The van der Waals surface area contributed by atoms with Gasteiger partial charge in [-0.05, 0) is 42.6 Å². The number of carbonyl (C=O) groups excluding carboxylic acids is 1. The number of hydrogen-bond acceptors (Lipinski definition) is 9. The molecule has 0 atom stereocenters. The number of methoxy groups -OCH3 is 1. The van der Waals surface area contributed by atoms with E-state index >= 15 is 0 Å². The zero-order valence-corrected chi connectivity index (χ0v) is 29.8. The van der Waals surface area contributed by atoms with Gasteiger partial charge in [0.25, 0.3) is 5.91 Å². The lowest BCUT2D eigenvalue weighted by molar-refractivity contribution is -0.141. The second-order valence-corrected chi connectivity index (χ2v) is 20.0. The summed E-state index contributed by atoms with van der Waals surface area (Å²) in [5.74, 6) is -0.534. The number of nitrogens with zero attached hydrogens (tertiary/aromatic N) is 9. The number of ether oxygens (including phenoxy) is 2. The minimum Gasteiger partial charge on any atom is -0.380 e. The fraction of sp³-hybridized carbons (Fsp3) is 0.529. The topological polar surface area (TPSA) is 127 Å². The highest BCUT2D eigenvalue weighted by Crippen LogP contribution is 2.45. The Morgan fingerprint density at radius 3 is 2.58 bits per heavy atom. The molecule has 5 heterocycles. The van der Waals surface area contributed by atoms with E-state index in [2.05, 4.69) is 45.6 Å². The molecule has 0 N–H and O–H groups in total. The second-order valence-electron chi connectivity index (χ2n) is 14.4. The maximum atomic E-state index is 13.5. The molecule has 4 aromatic rings. The highest BCUT2D eigenvalue weighted by Gasteiger charge is 2.49. The Balaban J connectivity index is 1.09. The quantitative estimate of drug-likeness (QED) is 0.140. The van der Waals surface area contributed by atoms with Gasteiger partial charge in [-0.1, -0.05) is 19.6 Å². The summed E-state index contributed by atoms with van der Waals surface area (Å²) in [6.07, 6.45) is 4.25. The van der Waals surface area contributed by atoms with Gasteiger partial charge in [-0.2, -0.15) is 23.5 Å². The van der Waals surface area contributed by atoms with E-state index in [1.54, 1.807) is 17.4 Å². The molecule has 0 radical (unpaired) electrons. The first-order valence-corrected chi connectivity index (χ1v) is 20.4. The normalized spacial score (nSPS) is 20.2. The minimum atomic E-state index is -4.68. The Labute approximate surface area is 289 Å². The number of piperazine rings is 1. The summed E-state index contributed by atoms with van der Waals surface area (Å²) in [7, 11) is 0.194. The summed E-state index contributed by atoms with van der Waals surface area (Å²) in [5, 5.41) is 15.4. The van der Waals surface area contributed by atoms with Gasteiger partial charge in [-0.3, -0.25) is 14.4 Å². The van der Waals surface area contributed by atoms with Gasteiger partial charge in [-0.25, -0.2) is 15.0 Å². The zero-order chi connectivity index (χ0) is 35.7. The molecule has 0 aromatic carbocycles. The van der Waals surface area contributed by atoms with Crippen molar-refractivity contribution in [1.82, 2.24) is 39.1 Å². The maximum absolute atomic E-state index is 13.5. The number of pyridine rings is 1. The molecule has 12 nitrogen and oxygen atoms in total. The van der Waals surface area contributed by atoms with Crippen molar-refractivity contribution in [1.29, 1.82) is 5.26 Å². The lowest BCUT2D eigenvalue weighted by Crippen LogP contribution is -2.60. The molecule has 2 aliphatic rings. The number of aromatic nitrogens is 6. The number of amides is 1. The molecule has 50 heavy (non-hydrogen) atoms. The highest BCUT2D eigenvalue weighted by molar-refractivity contribution is 6.76. The molecule has 16 heteroatoms. The van der Waals surface area contributed by atoms with Gasteiger partial charge in [-0.15, -0.1) is 0 Å². The Morgan fingerprint density at radius 2 is 1.90 bits per heavy atom. The Hall–Kier alpha value is -4.17. The van der Waals surface area contributed by atoms with Gasteiger partial charge in [0.15, 0.2) is 0 Å². The first kappa shape index (κ1) is 35.6. The van der Waals surface area contributed by atoms with Gasteiger partial charge in [0.2, 0.25) is 0 Å². The molecule has 0 unspecified atom stereocenters. The zero-order valence-electron chi connectivity index (χ0n) is 28.8. The third kappa shape index (κ3) is 7.60. The SMILES string of the molecule is COCc1cc(C(=O)N2CCN(C3CC(CC#N)(n4cc(-c5ncnc6c5ccn6COCC[Si](C)(C)C)cn4)C3)CC2)nc(C(F)(F)F)c1. The van der Waals surface area contributed by atoms with Crippen LogP contribution in [0.4, 0.5) is 13.2 Å². The van der Waals surface area contributed by atoms with Crippen LogP contribution < -0.4 is 0 Å². The average molecular weight is 710 g/mol. The van der Waals surface area contributed by atoms with Gasteiger partial charge < -0.3 is 18.9 Å². The van der Waals surface area contributed by atoms with E-state index in [0.29, 0.717) is 58.8 Å². The van der Waals surface area contributed by atoms with Crippen LogP contribution in [0.2, 0.25) is 25.7 Å². The molecule has 1 saturated heterocycles. The molecule has 1 saturated carbocycles. The Morgan fingerprint density at radius 1 is 1.14 bits per heavy atom. The number of hydrogen-bond donors (Lipinski definition) is 0. The molecule has 0 spiro atoms. The summed E-state index contributed by atoms with van der Waals surface area (Å²) in [5.41, 5.74) is 0.779. The van der Waals surface area contributed by atoms with Gasteiger partial charge >= 0.3 is 6.18 Å². The fourth-order valence-corrected chi connectivity index (χ4v) is 7.52. The average Bonchev–Trinajstić information content (AvgIpc) is 3.72. The van der Waals surface area contributed by atoms with Crippen LogP contribution in [0.3, 0.4) is 0 Å². The van der Waals surface area contributed by atoms with E-state index in [4.69, 9.17) is 14.6 Å². The van der Waals surface area contributed by atoms with E-state index < -0.39 is 31.4 Å². The van der Waals surface area contributed by atoms with Crippen molar-refractivity contribution in [2.24, 2.45) is 0 Å². The van der Waals surface area contributed by atoms with Crippen LogP contribution in [-0.2, 0) is 34.5 Å². The van der Waals surface area contributed by atoms with Crippen molar-refractivity contribution in [2.75, 3.05) is 39.9 Å². The van der Waals surface area contributed by atoms with Crippen molar-refractivity contribution in [2.45, 2.75) is 76.0 Å². The summed E-state index contributed by atoms with van der Waals surface area (Å²) >= 11 is 0. The highest BCUT2D eigenvalue weighted by atomic mass is 28.3. The first-order chi connectivity index (χ1) is 23.8. The first-order valence-electron chi connectivity index (χ1n) is 16.7. The van der Waals surface area contributed by atoms with E-state index in [-0.39, 0.29) is 23.9 Å². The lowest BCUT2D eigenvalue weighted by atomic mass is 9.70. The van der Waals surface area contributed by atoms with Crippen LogP contribution in [0.1, 0.15) is 41.0 Å². The molecule has 266 valence electrons. The Bertz CT molecular complexity index is 1870. The molecule has 1 aliphatic heterocycles. The molecular weight excluding hydrogens is 668 g/mol. The standard InChI is InChI=1S/C34H42F3N9O3Si/c1-48-21-24-15-28(42-29(16-24)34(35,36)37)32(47)44-11-9-43(10-12-44)26-17-33(18-26,6-7-38)46-20-25(19-41-46)30-27-5-8-45(31(27)40-22-39-30)23-49-13-14-50(2,3)4/h5,8,15-16,19-20,22,26H,6,9-14,17-18,21,23H2,1-4H3. The summed E-state index contributed by atoms with van der Waals surface area (Å²) in [6.45, 7) is 9.87. The number of nitriles is 1. The van der Waals surface area contributed by atoms with Crippen molar-refractivity contribution in [3.8, 4) is 17.3 Å². The van der Waals surface area contributed by atoms with Crippen LogP contribution in [0.5, 0.6) is 0 Å². The fourth-order valence-electron chi connectivity index (χ4n) is 6.76. The number of rotatable bonds is 12. The Kier molecular flexibility index (Phi) is 10.1. The maximum Gasteiger partial charge on any atom is 0.433 e. The molecule has 4 aromatic heterocycles. The number of carbonyl (C=O) groups is 1. The predicted molar refractivity (Wildman–Crippen MR) is 182 cm³/mol. The summed E-state index contributed by atoms with van der Waals surface area (Å²) < 4.78 is 55.3. The largest absolute Gasteiger partial charge is 0.433 e. The van der Waals surface area contributed by atoms with Crippen molar-refractivity contribution < 1.29 is 27.4 Å². The lowest BCUT2D eigenvalue weighted by Gasteiger charge is -2.52. The molecular formula is C34H42F3N9O3Si. The molecule has 2 fully saturated rings. The van der Waals surface area contributed by atoms with Crippen LogP contribution >= 0.6 is 0 Å². The monoisotopic (exact) mass is 709 g/mol. The molecule has 1 amide bonds. The van der Waals surface area contributed by atoms with Crippen molar-refractivity contribution in [3.05, 3.63) is 60.1 Å². The van der Waals surface area contributed by atoms with E-state index in [1.165, 1.54) is 13.2 Å². The third-order valence-electron chi connectivity index (χ3n) is 9.59. The number of fused-ring (bicyclic) bond motifs is 1. The van der Waals surface area contributed by atoms with Gasteiger partial charge in [0, 0.05) is 77.4 Å². The number of halogens is 3.